The summed E-state index contributed by atoms with van der Waals surface area (Å²) in [5.74, 6) is -4.96. The van der Waals surface area contributed by atoms with Gasteiger partial charge in [-0.3, -0.25) is 33.8 Å². The Morgan fingerprint density at radius 2 is 1.46 bits per heavy atom. The normalized spacial score (nSPS) is 16.4. The van der Waals surface area contributed by atoms with Crippen LogP contribution in [0.1, 0.15) is 70.6 Å². The molecule has 16 heteroatoms. The summed E-state index contributed by atoms with van der Waals surface area (Å²) in [6, 6.07) is 30.3. The number of carbonyl (C=O) groups is 7. The molecule has 7 amide bonds. The minimum atomic E-state index is -2.47. The van der Waals surface area contributed by atoms with E-state index < -0.39 is 77.4 Å². The van der Waals surface area contributed by atoms with Gasteiger partial charge in [-0.2, -0.15) is 0 Å². The fourth-order valence-corrected chi connectivity index (χ4v) is 7.24. The first-order valence-corrected chi connectivity index (χ1v) is 20.5. The van der Waals surface area contributed by atoms with Gasteiger partial charge in [0.25, 0.3) is 11.8 Å². The molecule has 5 rings (SSSR count). The summed E-state index contributed by atoms with van der Waals surface area (Å²) in [5.41, 5.74) is 5.30. The fraction of sp³-hybridized carbons (Fsp3) is 0.340. The second-order valence-electron chi connectivity index (χ2n) is 16.9. The number of rotatable bonds is 17. The first kappa shape index (κ1) is 47.0. The van der Waals surface area contributed by atoms with E-state index in [0.717, 1.165) is 15.4 Å². The molecular weight excluding hydrogens is 807 g/mol. The molecule has 16 nitrogen and oxygen atoms in total. The molecule has 0 saturated carbocycles. The molecule has 332 valence electrons. The number of hydrogen-bond donors (Lipinski definition) is 5. The lowest BCUT2D eigenvalue weighted by molar-refractivity contribution is -0.153. The molecule has 4 aromatic carbocycles. The van der Waals surface area contributed by atoms with Crippen LogP contribution in [-0.2, 0) is 40.8 Å². The van der Waals surface area contributed by atoms with Crippen LogP contribution in [0.25, 0.3) is 0 Å². The van der Waals surface area contributed by atoms with E-state index in [2.05, 4.69) is 16.0 Å². The van der Waals surface area contributed by atoms with Crippen molar-refractivity contribution in [2.75, 3.05) is 28.6 Å². The first-order chi connectivity index (χ1) is 29.7. The highest BCUT2D eigenvalue weighted by atomic mass is 16.6. The third-order valence-corrected chi connectivity index (χ3v) is 10.5. The van der Waals surface area contributed by atoms with Crippen molar-refractivity contribution in [2.24, 2.45) is 11.7 Å². The minimum Gasteiger partial charge on any atom is -0.481 e. The van der Waals surface area contributed by atoms with Crippen LogP contribution in [0.2, 0.25) is 0 Å². The number of ether oxygens (including phenoxy) is 1. The number of hydrogen-bond acceptors (Lipinski definition) is 9. The standard InChI is InChI=1S/C47H55N7O9/c1-31(21-26-38(55)51-47(48,27-39(56)57)42(60)52(36-18-11-8-12-19-36)30-40(58)63-45(3,4)5)28-53-41(59)46(6,34-16-9-7-10-17-34)54(44(53)62)29-33-22-24-35(25-23-33)49-43(61)50-37-20-14-13-15-32(37)2/h7-20,22-25,31H,21,26-30,48H2,1-6H3,(H,51,55)(H,56,57)(H2,49,50,61)/t31?,46?,47-/m1/s1. The van der Waals surface area contributed by atoms with Gasteiger partial charge < -0.3 is 36.4 Å². The number of aliphatic carboxylic acids is 1. The van der Waals surface area contributed by atoms with Crippen LogP contribution in [0.3, 0.4) is 0 Å². The third-order valence-electron chi connectivity index (χ3n) is 10.5. The monoisotopic (exact) mass is 861 g/mol. The van der Waals surface area contributed by atoms with Crippen molar-refractivity contribution in [3.8, 4) is 0 Å². The van der Waals surface area contributed by atoms with Gasteiger partial charge in [-0.05, 0) is 94.0 Å². The largest absolute Gasteiger partial charge is 0.481 e. The lowest BCUT2D eigenvalue weighted by atomic mass is 9.89. The maximum atomic E-state index is 14.3. The SMILES string of the molecule is Cc1ccccc1NC(=O)Nc1ccc(CN2C(=O)N(CC(C)CCC(=O)N[C@](N)(CC(=O)O)C(=O)N(CC(=O)OC(C)(C)C)c3ccccc3)C(=O)C2(C)c2ccccc2)cc1. The molecule has 1 fully saturated rings. The molecule has 1 aliphatic heterocycles. The van der Waals surface area contributed by atoms with Gasteiger partial charge in [-0.15, -0.1) is 0 Å². The minimum absolute atomic E-state index is 0.0533. The average Bonchev–Trinajstić information content (AvgIpc) is 3.40. The number of nitrogens with one attached hydrogen (secondary N) is 3. The van der Waals surface area contributed by atoms with Crippen LogP contribution in [0, 0.1) is 12.8 Å². The molecule has 0 bridgehead atoms. The Balaban J connectivity index is 1.27. The molecule has 2 unspecified atom stereocenters. The van der Waals surface area contributed by atoms with Gasteiger partial charge in [0.1, 0.15) is 17.7 Å². The summed E-state index contributed by atoms with van der Waals surface area (Å²) in [5, 5.41) is 17.8. The topological polar surface area (TPSA) is 221 Å². The Kier molecular flexibility index (Phi) is 14.7. The van der Waals surface area contributed by atoms with E-state index in [0.29, 0.717) is 22.5 Å². The smallest absolute Gasteiger partial charge is 0.328 e. The summed E-state index contributed by atoms with van der Waals surface area (Å²) < 4.78 is 5.41. The number of aryl methyl sites for hydroxylation is 1. The van der Waals surface area contributed by atoms with E-state index in [-0.39, 0.29) is 31.6 Å². The highest BCUT2D eigenvalue weighted by Crippen LogP contribution is 2.39. The van der Waals surface area contributed by atoms with Crippen molar-refractivity contribution in [1.29, 1.82) is 0 Å². The van der Waals surface area contributed by atoms with Gasteiger partial charge >= 0.3 is 24.0 Å². The number of imide groups is 1. The van der Waals surface area contributed by atoms with Crippen LogP contribution in [0.5, 0.6) is 0 Å². The van der Waals surface area contributed by atoms with Crippen LogP contribution in [0.4, 0.5) is 26.7 Å². The predicted molar refractivity (Wildman–Crippen MR) is 237 cm³/mol. The van der Waals surface area contributed by atoms with Crippen LogP contribution in [0.15, 0.2) is 109 Å². The number of anilines is 3. The van der Waals surface area contributed by atoms with Gasteiger partial charge in [0, 0.05) is 36.6 Å². The maximum absolute atomic E-state index is 14.3. The zero-order valence-corrected chi connectivity index (χ0v) is 36.3. The van der Waals surface area contributed by atoms with Crippen molar-refractivity contribution < 1.29 is 43.4 Å². The van der Waals surface area contributed by atoms with Crippen molar-refractivity contribution in [1.82, 2.24) is 15.1 Å². The lowest BCUT2D eigenvalue weighted by Gasteiger charge is -2.34. The number of carboxylic acids is 1. The number of para-hydroxylation sites is 2. The quantitative estimate of drug-likeness (QED) is 0.0450. The molecule has 63 heavy (non-hydrogen) atoms. The molecule has 4 aromatic rings. The Labute approximate surface area is 366 Å². The van der Waals surface area contributed by atoms with Crippen LogP contribution in [-0.4, -0.2) is 81.0 Å². The van der Waals surface area contributed by atoms with Crippen molar-refractivity contribution in [3.05, 3.63) is 126 Å². The zero-order valence-electron chi connectivity index (χ0n) is 36.3. The highest BCUT2D eigenvalue weighted by molar-refractivity contribution is 6.08. The Bertz CT molecular complexity index is 2320. The Morgan fingerprint density at radius 1 is 0.857 bits per heavy atom. The van der Waals surface area contributed by atoms with Crippen LogP contribution < -0.4 is 26.6 Å². The zero-order chi connectivity index (χ0) is 46.1. The fourth-order valence-electron chi connectivity index (χ4n) is 7.24. The first-order valence-electron chi connectivity index (χ1n) is 20.5. The van der Waals surface area contributed by atoms with E-state index in [1.807, 2.05) is 31.2 Å². The number of carboxylic acid groups (broad SMARTS) is 1. The van der Waals surface area contributed by atoms with Crippen molar-refractivity contribution in [2.45, 2.75) is 84.2 Å². The van der Waals surface area contributed by atoms with Gasteiger partial charge in [-0.25, -0.2) is 9.59 Å². The second kappa shape index (κ2) is 19.8. The summed E-state index contributed by atoms with van der Waals surface area (Å²) in [7, 11) is 0. The van der Waals surface area contributed by atoms with Gasteiger partial charge in [0.15, 0.2) is 5.66 Å². The number of nitrogens with zero attached hydrogens (tertiary/aromatic N) is 3. The molecular formula is C47H55N7O9. The third kappa shape index (κ3) is 11.9. The Morgan fingerprint density at radius 3 is 2.06 bits per heavy atom. The number of nitrogens with two attached hydrogens (primary N) is 1. The predicted octanol–water partition coefficient (Wildman–Crippen LogP) is 6.36. The van der Waals surface area contributed by atoms with E-state index >= 15 is 0 Å². The molecule has 0 aromatic heterocycles. The van der Waals surface area contributed by atoms with Crippen molar-refractivity contribution >= 4 is 58.8 Å². The van der Waals surface area contributed by atoms with E-state index in [1.165, 1.54) is 17.0 Å². The number of esters is 1. The van der Waals surface area contributed by atoms with Crippen molar-refractivity contribution in [3.63, 3.8) is 0 Å². The second-order valence-corrected chi connectivity index (χ2v) is 16.9. The molecule has 0 aliphatic carbocycles. The van der Waals surface area contributed by atoms with Gasteiger partial charge in [0.2, 0.25) is 5.91 Å². The molecule has 1 saturated heterocycles. The summed E-state index contributed by atoms with van der Waals surface area (Å²) in [6.07, 6.45) is -1.13. The highest BCUT2D eigenvalue weighted by Gasteiger charge is 2.55. The molecule has 3 atom stereocenters. The van der Waals surface area contributed by atoms with Crippen LogP contribution >= 0.6 is 0 Å². The van der Waals surface area contributed by atoms with Gasteiger partial charge in [-0.1, -0.05) is 85.8 Å². The molecule has 0 spiro atoms. The van der Waals surface area contributed by atoms with E-state index in [1.54, 1.807) is 107 Å². The molecule has 0 radical (unpaired) electrons. The Hall–Kier alpha value is -7.07. The molecule has 6 N–H and O–H groups in total. The summed E-state index contributed by atoms with van der Waals surface area (Å²) in [6.45, 7) is 9.70. The number of carbonyl (C=O) groups excluding carboxylic acids is 6. The van der Waals surface area contributed by atoms with E-state index in [4.69, 9.17) is 10.5 Å². The summed E-state index contributed by atoms with van der Waals surface area (Å²) >= 11 is 0. The lowest BCUT2D eigenvalue weighted by Crippen LogP contribution is -2.67. The average molecular weight is 862 g/mol. The molecule has 1 aliphatic rings. The maximum Gasteiger partial charge on any atom is 0.328 e. The number of urea groups is 2. The molecule has 1 heterocycles. The van der Waals surface area contributed by atoms with Gasteiger partial charge in [0.05, 0.1) is 6.42 Å². The van der Waals surface area contributed by atoms with E-state index in [9.17, 15) is 38.7 Å². The summed E-state index contributed by atoms with van der Waals surface area (Å²) in [4.78, 5) is 97.3. The number of benzene rings is 4. The number of amides is 7.